The SMILES string of the molecule is Cc1ccc(C(C#N)CCO[Si](C)(C)C(C)(C)C)cc1C. The Morgan fingerprint density at radius 1 is 1.19 bits per heavy atom. The van der Waals surface area contributed by atoms with E-state index in [0.29, 0.717) is 6.61 Å². The predicted molar refractivity (Wildman–Crippen MR) is 92.0 cm³/mol. The van der Waals surface area contributed by atoms with E-state index in [2.05, 4.69) is 72.0 Å². The third-order valence-electron chi connectivity index (χ3n) is 4.76. The van der Waals surface area contributed by atoms with Gasteiger partial charge >= 0.3 is 0 Å². The van der Waals surface area contributed by atoms with Crippen LogP contribution in [0.15, 0.2) is 18.2 Å². The summed E-state index contributed by atoms with van der Waals surface area (Å²) in [5.74, 6) is -0.0749. The summed E-state index contributed by atoms with van der Waals surface area (Å²) in [6.45, 7) is 16.1. The molecule has 21 heavy (non-hydrogen) atoms. The molecule has 0 saturated heterocycles. The summed E-state index contributed by atoms with van der Waals surface area (Å²) in [4.78, 5) is 0. The first-order valence-corrected chi connectivity index (χ1v) is 10.6. The van der Waals surface area contributed by atoms with Crippen LogP contribution in [0.25, 0.3) is 0 Å². The molecule has 0 aliphatic rings. The van der Waals surface area contributed by atoms with Crippen LogP contribution < -0.4 is 0 Å². The lowest BCUT2D eigenvalue weighted by Crippen LogP contribution is -2.41. The van der Waals surface area contributed by atoms with Gasteiger partial charge in [0.1, 0.15) is 0 Å². The number of hydrogen-bond donors (Lipinski definition) is 0. The van der Waals surface area contributed by atoms with E-state index in [9.17, 15) is 5.26 Å². The van der Waals surface area contributed by atoms with Crippen molar-refractivity contribution >= 4 is 8.32 Å². The number of rotatable bonds is 5. The summed E-state index contributed by atoms with van der Waals surface area (Å²) in [7, 11) is -1.71. The van der Waals surface area contributed by atoms with Crippen LogP contribution in [0.4, 0.5) is 0 Å². The maximum atomic E-state index is 9.43. The first-order valence-electron chi connectivity index (χ1n) is 7.69. The van der Waals surface area contributed by atoms with Crippen LogP contribution in [0.1, 0.15) is 49.8 Å². The summed E-state index contributed by atoms with van der Waals surface area (Å²) >= 11 is 0. The number of nitrogens with zero attached hydrogens (tertiary/aromatic N) is 1. The standard InChI is InChI=1S/C18H29NOSi/c1-14-8-9-16(12-15(14)2)17(13-19)10-11-20-21(6,7)18(3,4)5/h8-9,12,17H,10-11H2,1-7H3. The molecular weight excluding hydrogens is 274 g/mol. The molecule has 2 nitrogen and oxygen atoms in total. The van der Waals surface area contributed by atoms with Crippen LogP contribution in [-0.4, -0.2) is 14.9 Å². The minimum atomic E-state index is -1.71. The molecule has 116 valence electrons. The lowest BCUT2D eigenvalue weighted by Gasteiger charge is -2.36. The highest BCUT2D eigenvalue weighted by atomic mass is 28.4. The largest absolute Gasteiger partial charge is 0.417 e. The van der Waals surface area contributed by atoms with Gasteiger partial charge in [-0.3, -0.25) is 0 Å². The van der Waals surface area contributed by atoms with E-state index >= 15 is 0 Å². The molecule has 0 bridgehead atoms. The maximum absolute atomic E-state index is 9.43. The lowest BCUT2D eigenvalue weighted by molar-refractivity contribution is 0.278. The average molecular weight is 304 g/mol. The topological polar surface area (TPSA) is 33.0 Å². The van der Waals surface area contributed by atoms with Crippen molar-refractivity contribution in [2.75, 3.05) is 6.61 Å². The van der Waals surface area contributed by atoms with Gasteiger partial charge in [0.2, 0.25) is 0 Å². The van der Waals surface area contributed by atoms with Gasteiger partial charge in [-0.2, -0.15) is 5.26 Å². The van der Waals surface area contributed by atoms with Crippen LogP contribution in [0.5, 0.6) is 0 Å². The van der Waals surface area contributed by atoms with Gasteiger partial charge in [0.15, 0.2) is 8.32 Å². The number of benzene rings is 1. The lowest BCUT2D eigenvalue weighted by atomic mass is 9.94. The fourth-order valence-electron chi connectivity index (χ4n) is 1.94. The van der Waals surface area contributed by atoms with E-state index in [1.54, 1.807) is 0 Å². The molecule has 1 aromatic carbocycles. The van der Waals surface area contributed by atoms with Gasteiger partial charge in [-0.1, -0.05) is 39.0 Å². The normalized spacial score (nSPS) is 13.8. The zero-order valence-corrected chi connectivity index (χ0v) is 15.6. The van der Waals surface area contributed by atoms with Crippen molar-refractivity contribution in [2.24, 2.45) is 0 Å². The Hall–Kier alpha value is -1.11. The molecule has 0 saturated carbocycles. The Kier molecular flexibility index (Phi) is 5.78. The highest BCUT2D eigenvalue weighted by molar-refractivity contribution is 6.74. The van der Waals surface area contributed by atoms with Gasteiger partial charge in [-0.15, -0.1) is 0 Å². The molecule has 0 fully saturated rings. The van der Waals surface area contributed by atoms with Gasteiger partial charge < -0.3 is 4.43 Å². The smallest absolute Gasteiger partial charge is 0.191 e. The van der Waals surface area contributed by atoms with E-state index in [1.165, 1.54) is 11.1 Å². The number of hydrogen-bond acceptors (Lipinski definition) is 2. The Morgan fingerprint density at radius 3 is 2.29 bits per heavy atom. The maximum Gasteiger partial charge on any atom is 0.191 e. The fourth-order valence-corrected chi connectivity index (χ4v) is 3.00. The zero-order chi connectivity index (χ0) is 16.3. The molecule has 0 N–H and O–H groups in total. The van der Waals surface area contributed by atoms with Gasteiger partial charge in [-0.25, -0.2) is 0 Å². The van der Waals surface area contributed by atoms with Gasteiger partial charge in [0, 0.05) is 6.61 Å². The van der Waals surface area contributed by atoms with Crippen molar-refractivity contribution < 1.29 is 4.43 Å². The second-order valence-corrected chi connectivity index (χ2v) is 12.2. The highest BCUT2D eigenvalue weighted by Crippen LogP contribution is 2.37. The molecule has 0 aromatic heterocycles. The van der Waals surface area contributed by atoms with Crippen molar-refractivity contribution in [3.8, 4) is 6.07 Å². The molecular formula is C18H29NOSi. The van der Waals surface area contributed by atoms with E-state index in [1.807, 2.05) is 0 Å². The van der Waals surface area contributed by atoms with Gasteiger partial charge in [0.05, 0.1) is 12.0 Å². The molecule has 0 aliphatic heterocycles. The van der Waals surface area contributed by atoms with E-state index < -0.39 is 8.32 Å². The molecule has 0 heterocycles. The average Bonchev–Trinajstić information content (AvgIpc) is 2.37. The Bertz CT molecular complexity index is 523. The Labute approximate surface area is 131 Å². The van der Waals surface area contributed by atoms with Crippen LogP contribution in [-0.2, 0) is 4.43 Å². The van der Waals surface area contributed by atoms with E-state index in [4.69, 9.17) is 4.43 Å². The third-order valence-corrected chi connectivity index (χ3v) is 9.30. The monoisotopic (exact) mass is 303 g/mol. The molecule has 0 aliphatic carbocycles. The molecule has 0 amide bonds. The van der Waals surface area contributed by atoms with E-state index in [-0.39, 0.29) is 11.0 Å². The summed E-state index contributed by atoms with van der Waals surface area (Å²) in [5, 5.41) is 9.65. The molecule has 3 heteroatoms. The first kappa shape index (κ1) is 17.9. The van der Waals surface area contributed by atoms with Crippen molar-refractivity contribution in [1.29, 1.82) is 5.26 Å². The third kappa shape index (κ3) is 4.69. The Balaban J connectivity index is 2.68. The Morgan fingerprint density at radius 2 is 1.81 bits per heavy atom. The van der Waals surface area contributed by atoms with Gasteiger partial charge in [-0.05, 0) is 55.1 Å². The van der Waals surface area contributed by atoms with Crippen molar-refractivity contribution in [3.05, 3.63) is 34.9 Å². The van der Waals surface area contributed by atoms with Crippen molar-refractivity contribution in [3.63, 3.8) is 0 Å². The summed E-state index contributed by atoms with van der Waals surface area (Å²) in [6.07, 6.45) is 0.769. The van der Waals surface area contributed by atoms with E-state index in [0.717, 1.165) is 12.0 Å². The second kappa shape index (κ2) is 6.77. The molecule has 1 atom stereocenters. The molecule has 1 unspecified atom stereocenters. The fraction of sp³-hybridized carbons (Fsp3) is 0.611. The highest BCUT2D eigenvalue weighted by Gasteiger charge is 2.37. The second-order valence-electron chi connectivity index (χ2n) is 7.42. The zero-order valence-electron chi connectivity index (χ0n) is 14.6. The first-order chi connectivity index (χ1) is 9.58. The van der Waals surface area contributed by atoms with Crippen LogP contribution in [0.2, 0.25) is 18.1 Å². The van der Waals surface area contributed by atoms with Crippen molar-refractivity contribution in [2.45, 2.75) is 65.1 Å². The van der Waals surface area contributed by atoms with Crippen LogP contribution in [0.3, 0.4) is 0 Å². The van der Waals surface area contributed by atoms with Crippen molar-refractivity contribution in [1.82, 2.24) is 0 Å². The summed E-state index contributed by atoms with van der Waals surface area (Å²) in [5.41, 5.74) is 3.63. The quantitative estimate of drug-likeness (QED) is 0.689. The minimum absolute atomic E-state index is 0.0749. The summed E-state index contributed by atoms with van der Waals surface area (Å²) < 4.78 is 6.19. The molecule has 0 spiro atoms. The van der Waals surface area contributed by atoms with Gasteiger partial charge in [0.25, 0.3) is 0 Å². The van der Waals surface area contributed by atoms with Crippen LogP contribution in [0, 0.1) is 25.2 Å². The molecule has 1 aromatic rings. The summed E-state index contributed by atoms with van der Waals surface area (Å²) in [6, 6.07) is 8.73. The van der Waals surface area contributed by atoms with Crippen LogP contribution >= 0.6 is 0 Å². The number of aryl methyl sites for hydroxylation is 2. The number of nitriles is 1. The molecule has 1 rings (SSSR count). The predicted octanol–water partition coefficient (Wildman–Crippen LogP) is 5.32. The minimum Gasteiger partial charge on any atom is -0.417 e. The molecule has 0 radical (unpaired) electrons.